The zero-order valence-corrected chi connectivity index (χ0v) is 25.5. The number of carbonyl (C=O) groups is 2. The predicted octanol–water partition coefficient (Wildman–Crippen LogP) is 6.04. The van der Waals surface area contributed by atoms with E-state index in [1.54, 1.807) is 0 Å². The number of fused-ring (bicyclic) bond motifs is 1. The topological polar surface area (TPSA) is 142 Å². The van der Waals surface area contributed by atoms with E-state index in [9.17, 15) is 71.0 Å². The van der Waals surface area contributed by atoms with Gasteiger partial charge in [0.2, 0.25) is 0 Å². The Labute approximate surface area is 270 Å². The van der Waals surface area contributed by atoms with Crippen LogP contribution in [0.15, 0.2) is 88.8 Å². The van der Waals surface area contributed by atoms with E-state index in [2.05, 4.69) is 4.98 Å². The van der Waals surface area contributed by atoms with Gasteiger partial charge in [0, 0.05) is 16.3 Å². The second-order valence-electron chi connectivity index (χ2n) is 9.92. The fourth-order valence-electron chi connectivity index (χ4n) is 4.43. The van der Waals surface area contributed by atoms with Crippen LogP contribution in [0.2, 0.25) is 0 Å². The van der Waals surface area contributed by atoms with Crippen LogP contribution in [0, 0.1) is 0 Å². The minimum absolute atomic E-state index is 0.139. The number of anilines is 2. The molecular weight excluding hydrogens is 725 g/mol. The van der Waals surface area contributed by atoms with Gasteiger partial charge in [-0.2, -0.15) is 39.5 Å². The van der Waals surface area contributed by atoms with Crippen molar-refractivity contribution in [1.29, 1.82) is 0 Å². The molecule has 10 nitrogen and oxygen atoms in total. The van der Waals surface area contributed by atoms with Gasteiger partial charge in [-0.1, -0.05) is 24.3 Å². The fourth-order valence-corrected chi connectivity index (χ4v) is 7.27. The number of carboxylic acid groups (broad SMARTS) is 1. The van der Waals surface area contributed by atoms with Gasteiger partial charge in [-0.15, -0.1) is 0 Å². The molecule has 3 aromatic carbocycles. The number of hydrogen-bond donors (Lipinski definition) is 1. The van der Waals surface area contributed by atoms with E-state index in [1.807, 2.05) is 0 Å². The number of alkyl halides is 9. The van der Waals surface area contributed by atoms with Crippen LogP contribution in [-0.4, -0.2) is 64.1 Å². The summed E-state index contributed by atoms with van der Waals surface area (Å²) in [7, 11) is -10.4. The van der Waals surface area contributed by atoms with Crippen molar-refractivity contribution in [2.75, 3.05) is 21.7 Å². The largest absolute Gasteiger partial charge is 0.480 e. The first-order valence-corrected chi connectivity index (χ1v) is 15.9. The Morgan fingerprint density at radius 3 is 1.65 bits per heavy atom. The minimum Gasteiger partial charge on any atom is -0.480 e. The Bertz CT molecular complexity index is 2120. The van der Waals surface area contributed by atoms with Crippen LogP contribution in [0.3, 0.4) is 0 Å². The highest BCUT2D eigenvalue weighted by Gasteiger charge is 2.41. The molecule has 1 heterocycles. The summed E-state index contributed by atoms with van der Waals surface area (Å²) in [6, 6.07) is 8.17. The number of carbonyl (C=O) groups excluding carboxylic acids is 1. The number of benzene rings is 3. The van der Waals surface area contributed by atoms with Crippen molar-refractivity contribution in [3.8, 4) is 0 Å². The quantitative estimate of drug-likeness (QED) is 0.153. The van der Waals surface area contributed by atoms with Gasteiger partial charge in [0.25, 0.3) is 25.8 Å². The lowest BCUT2D eigenvalue weighted by molar-refractivity contribution is -0.137. The lowest BCUT2D eigenvalue weighted by Gasteiger charge is -2.28. The number of aromatic nitrogens is 1. The summed E-state index contributed by atoms with van der Waals surface area (Å²) in [6.45, 7) is -3.64. The molecule has 0 amide bonds. The van der Waals surface area contributed by atoms with E-state index in [-0.39, 0.29) is 8.61 Å². The molecule has 1 aromatic heterocycles. The maximum atomic E-state index is 13.8. The molecule has 49 heavy (non-hydrogen) atoms. The third-order valence-corrected chi connectivity index (χ3v) is 10.1. The molecule has 4 rings (SSSR count). The zero-order valence-electron chi connectivity index (χ0n) is 23.9. The van der Waals surface area contributed by atoms with E-state index < -0.39 is 107 Å². The number of halogens is 9. The van der Waals surface area contributed by atoms with Gasteiger partial charge in [0.15, 0.2) is 5.82 Å². The molecule has 0 aliphatic rings. The first-order chi connectivity index (χ1) is 22.4. The Hall–Kier alpha value is -4.92. The molecule has 0 saturated heterocycles. The summed E-state index contributed by atoms with van der Waals surface area (Å²) in [5.41, 5.74) is -3.09. The van der Waals surface area contributed by atoms with Gasteiger partial charge in [-0.05, 0) is 48.5 Å². The smallest absolute Gasteiger partial charge is 0.454 e. The van der Waals surface area contributed by atoms with E-state index in [0.29, 0.717) is 54.7 Å². The number of Topliss-reactive ketones (excluding diaryl/α,β-unsaturated/α-hetero) is 1. The average Bonchev–Trinajstić information content (AvgIpc) is 3.00. The van der Waals surface area contributed by atoms with Crippen molar-refractivity contribution in [3.05, 3.63) is 90.1 Å². The van der Waals surface area contributed by atoms with Gasteiger partial charge in [-0.3, -0.25) is 13.9 Å². The second-order valence-corrected chi connectivity index (χ2v) is 13.6. The molecule has 0 saturated carbocycles. The van der Waals surface area contributed by atoms with Crippen molar-refractivity contribution in [3.63, 3.8) is 0 Å². The lowest BCUT2D eigenvalue weighted by Crippen LogP contribution is -2.40. The van der Waals surface area contributed by atoms with Crippen LogP contribution in [-0.2, 0) is 31.0 Å². The summed E-state index contributed by atoms with van der Waals surface area (Å²) in [5, 5.41) is 8.65. The SMILES string of the molecule is O=C(O)CN(c1ncc(N(CC(F)(F)F)S(=O)(=O)c2ccc(C(F)(F)F)cc2)c2ccccc12)S(=O)(=O)c1ccc(C(=O)C(F)(F)F)cc1. The highest BCUT2D eigenvalue weighted by atomic mass is 32.2. The monoisotopic (exact) mass is 743 g/mol. The Morgan fingerprint density at radius 2 is 1.18 bits per heavy atom. The van der Waals surface area contributed by atoms with Crippen molar-refractivity contribution in [2.24, 2.45) is 0 Å². The molecule has 4 aromatic rings. The number of rotatable bonds is 10. The minimum atomic E-state index is -5.31. The number of sulfonamides is 2. The molecule has 0 bridgehead atoms. The van der Waals surface area contributed by atoms with Gasteiger partial charge in [0.1, 0.15) is 13.1 Å². The average molecular weight is 744 g/mol. The fraction of sp³-hybridized carbons (Fsp3) is 0.179. The first-order valence-electron chi connectivity index (χ1n) is 13.1. The Balaban J connectivity index is 1.90. The third kappa shape index (κ3) is 7.88. The summed E-state index contributed by atoms with van der Waals surface area (Å²) >= 11 is 0. The molecule has 0 unspecified atom stereocenters. The number of aliphatic carboxylic acids is 1. The molecular formula is C28H18F9N3O7S2. The van der Waals surface area contributed by atoms with Gasteiger partial charge < -0.3 is 5.11 Å². The van der Waals surface area contributed by atoms with E-state index in [4.69, 9.17) is 0 Å². The standard InChI is InChI=1S/C28H18F9N3O7S2/c29-26(30,31)15-40(49(46,47)19-11-7-17(8-12-19)27(32,33)34)22-13-38-25(21-4-2-1-3-20(21)22)39(14-23(41)42)48(44,45)18-9-5-16(6-10-18)24(43)28(35,36)37/h1-13H,14-15H2,(H,41,42). The van der Waals surface area contributed by atoms with Crippen LogP contribution in [0.5, 0.6) is 0 Å². The van der Waals surface area contributed by atoms with Crippen LogP contribution in [0.4, 0.5) is 51.0 Å². The lowest BCUT2D eigenvalue weighted by atomic mass is 10.1. The van der Waals surface area contributed by atoms with E-state index in [1.165, 1.54) is 12.1 Å². The third-order valence-electron chi connectivity index (χ3n) is 6.59. The number of nitrogens with zero attached hydrogens (tertiary/aromatic N) is 3. The molecule has 0 aliphatic heterocycles. The zero-order chi connectivity index (χ0) is 36.7. The van der Waals surface area contributed by atoms with Crippen LogP contribution in [0.25, 0.3) is 10.8 Å². The molecule has 0 radical (unpaired) electrons. The van der Waals surface area contributed by atoms with Crippen molar-refractivity contribution in [1.82, 2.24) is 4.98 Å². The van der Waals surface area contributed by atoms with Gasteiger partial charge in [-0.25, -0.2) is 26.1 Å². The highest BCUT2D eigenvalue weighted by molar-refractivity contribution is 7.93. The normalized spacial score (nSPS) is 12.9. The summed E-state index contributed by atoms with van der Waals surface area (Å²) < 4.78 is 173. The predicted molar refractivity (Wildman–Crippen MR) is 153 cm³/mol. The van der Waals surface area contributed by atoms with Crippen LogP contribution >= 0.6 is 0 Å². The maximum Gasteiger partial charge on any atom is 0.454 e. The highest BCUT2D eigenvalue weighted by Crippen LogP contribution is 2.39. The summed E-state index contributed by atoms with van der Waals surface area (Å²) in [4.78, 5) is 25.3. The van der Waals surface area contributed by atoms with Crippen molar-refractivity contribution in [2.45, 2.75) is 28.3 Å². The molecule has 1 N–H and O–H groups in total. The molecule has 262 valence electrons. The Kier molecular flexibility index (Phi) is 9.67. The molecule has 0 spiro atoms. The number of ketones is 1. The van der Waals surface area contributed by atoms with Crippen molar-refractivity contribution >= 4 is 54.1 Å². The van der Waals surface area contributed by atoms with Crippen LogP contribution in [0.1, 0.15) is 15.9 Å². The van der Waals surface area contributed by atoms with Gasteiger partial charge >= 0.3 is 24.5 Å². The molecule has 21 heteroatoms. The summed E-state index contributed by atoms with van der Waals surface area (Å²) in [5.74, 6) is -4.88. The number of hydrogen-bond acceptors (Lipinski definition) is 7. The Morgan fingerprint density at radius 1 is 0.694 bits per heavy atom. The van der Waals surface area contributed by atoms with Crippen molar-refractivity contribution < 1.29 is 71.0 Å². The first kappa shape index (κ1) is 36.9. The van der Waals surface area contributed by atoms with E-state index >= 15 is 0 Å². The molecule has 0 fully saturated rings. The van der Waals surface area contributed by atoms with Crippen LogP contribution < -0.4 is 8.61 Å². The molecule has 0 atom stereocenters. The number of carboxylic acids is 1. The van der Waals surface area contributed by atoms with Gasteiger partial charge in [0.05, 0.1) is 27.2 Å². The number of pyridine rings is 1. The summed E-state index contributed by atoms with van der Waals surface area (Å²) in [6.07, 6.45) is -15.0. The second kappa shape index (κ2) is 12.8. The molecule has 0 aliphatic carbocycles. The van der Waals surface area contributed by atoms with E-state index in [0.717, 1.165) is 12.1 Å². The maximum absolute atomic E-state index is 13.8.